The van der Waals surface area contributed by atoms with Gasteiger partial charge in [-0.15, -0.1) is 10.2 Å². The van der Waals surface area contributed by atoms with Gasteiger partial charge in [0.1, 0.15) is 0 Å². The fourth-order valence-electron chi connectivity index (χ4n) is 2.28. The van der Waals surface area contributed by atoms with E-state index in [1.54, 1.807) is 54.6 Å². The van der Waals surface area contributed by atoms with E-state index in [0.29, 0.717) is 28.2 Å². The zero-order valence-electron chi connectivity index (χ0n) is 15.1. The number of nitrogen functional groups attached to an aromatic ring is 1. The molecule has 3 aromatic carbocycles. The number of nitrogens with zero attached hydrogens (tertiary/aromatic N) is 2. The van der Waals surface area contributed by atoms with Crippen LogP contribution in [0.25, 0.3) is 0 Å². The van der Waals surface area contributed by atoms with Crippen LogP contribution < -0.4 is 11.2 Å². The highest BCUT2D eigenvalue weighted by atomic mass is 16.7. The standard InChI is InChI=1S/C21H18N4O3/c1-14-5-7-15(8-6-14)21(27)28-25-19-11-9-18(10-12-19)23-24-20(26)16-3-2-4-17(22)13-16/h2-13,25H,22H2,1H3. The molecule has 7 nitrogen and oxygen atoms in total. The quantitative estimate of drug-likeness (QED) is 0.383. The molecule has 0 aliphatic carbocycles. The van der Waals surface area contributed by atoms with Crippen molar-refractivity contribution < 1.29 is 14.4 Å². The molecular formula is C21H18N4O3. The number of amides is 1. The Hall–Kier alpha value is -4.00. The van der Waals surface area contributed by atoms with Crippen molar-refractivity contribution in [3.8, 4) is 0 Å². The lowest BCUT2D eigenvalue weighted by molar-refractivity contribution is 0.0596. The third-order valence-electron chi connectivity index (χ3n) is 3.81. The molecule has 0 atom stereocenters. The summed E-state index contributed by atoms with van der Waals surface area (Å²) in [7, 11) is 0. The zero-order chi connectivity index (χ0) is 19.9. The van der Waals surface area contributed by atoms with Crippen molar-refractivity contribution in [1.82, 2.24) is 0 Å². The minimum Gasteiger partial charge on any atom is -0.399 e. The van der Waals surface area contributed by atoms with Gasteiger partial charge in [-0.2, -0.15) is 0 Å². The van der Waals surface area contributed by atoms with Gasteiger partial charge in [-0.1, -0.05) is 23.8 Å². The summed E-state index contributed by atoms with van der Waals surface area (Å²) in [4.78, 5) is 29.0. The summed E-state index contributed by atoms with van der Waals surface area (Å²) < 4.78 is 0. The maximum atomic E-state index is 12.0. The Morgan fingerprint density at radius 1 is 0.929 bits per heavy atom. The monoisotopic (exact) mass is 374 g/mol. The lowest BCUT2D eigenvalue weighted by Crippen LogP contribution is -2.10. The molecule has 0 aliphatic heterocycles. The van der Waals surface area contributed by atoms with E-state index in [9.17, 15) is 9.59 Å². The van der Waals surface area contributed by atoms with E-state index < -0.39 is 11.9 Å². The van der Waals surface area contributed by atoms with Gasteiger partial charge in [0.05, 0.1) is 16.9 Å². The van der Waals surface area contributed by atoms with E-state index in [0.717, 1.165) is 5.56 Å². The molecule has 0 saturated carbocycles. The third-order valence-corrected chi connectivity index (χ3v) is 3.81. The Kier molecular flexibility index (Phi) is 5.76. The molecule has 7 heteroatoms. The fraction of sp³-hybridized carbons (Fsp3) is 0.0476. The molecule has 0 unspecified atom stereocenters. The summed E-state index contributed by atoms with van der Waals surface area (Å²) >= 11 is 0. The predicted octanol–water partition coefficient (Wildman–Crippen LogP) is 4.69. The number of carbonyl (C=O) groups is 2. The number of azo groups is 1. The van der Waals surface area contributed by atoms with Crippen molar-refractivity contribution in [3.63, 3.8) is 0 Å². The van der Waals surface area contributed by atoms with Gasteiger partial charge in [-0.3, -0.25) is 4.79 Å². The highest BCUT2D eigenvalue weighted by molar-refractivity contribution is 5.95. The first-order valence-corrected chi connectivity index (χ1v) is 8.47. The van der Waals surface area contributed by atoms with E-state index in [1.165, 1.54) is 6.07 Å². The lowest BCUT2D eigenvalue weighted by atomic mass is 10.2. The minimum atomic E-state index is -0.489. The Balaban J connectivity index is 1.56. The number of aryl methyl sites for hydroxylation is 1. The molecule has 0 aromatic heterocycles. The highest BCUT2D eigenvalue weighted by Crippen LogP contribution is 2.18. The first-order chi connectivity index (χ1) is 13.5. The van der Waals surface area contributed by atoms with Gasteiger partial charge < -0.3 is 10.6 Å². The third kappa shape index (κ3) is 5.01. The molecular weight excluding hydrogens is 356 g/mol. The van der Waals surface area contributed by atoms with Crippen LogP contribution in [0.4, 0.5) is 17.1 Å². The Labute approximate surface area is 161 Å². The normalized spacial score (nSPS) is 10.6. The second kappa shape index (κ2) is 8.59. The Morgan fingerprint density at radius 2 is 1.64 bits per heavy atom. The largest absolute Gasteiger partial charge is 0.399 e. The number of carbonyl (C=O) groups excluding carboxylic acids is 2. The van der Waals surface area contributed by atoms with Gasteiger partial charge in [-0.25, -0.2) is 10.3 Å². The number of nitrogens with two attached hydrogens (primary N) is 1. The fourth-order valence-corrected chi connectivity index (χ4v) is 2.28. The number of anilines is 2. The maximum Gasteiger partial charge on any atom is 0.362 e. The smallest absolute Gasteiger partial charge is 0.362 e. The van der Waals surface area contributed by atoms with E-state index in [1.807, 2.05) is 19.1 Å². The first kappa shape index (κ1) is 18.8. The summed E-state index contributed by atoms with van der Waals surface area (Å²) in [5, 5.41) is 7.58. The van der Waals surface area contributed by atoms with Crippen LogP contribution >= 0.6 is 0 Å². The predicted molar refractivity (Wildman–Crippen MR) is 106 cm³/mol. The van der Waals surface area contributed by atoms with Crippen LogP contribution in [0.3, 0.4) is 0 Å². The SMILES string of the molecule is Cc1ccc(C(=O)ONc2ccc(N=NC(=O)c3cccc(N)c3)cc2)cc1. The molecule has 1 amide bonds. The average molecular weight is 374 g/mol. The average Bonchev–Trinajstić information content (AvgIpc) is 2.71. The highest BCUT2D eigenvalue weighted by Gasteiger charge is 2.07. The molecule has 3 aromatic rings. The number of hydrogen-bond acceptors (Lipinski definition) is 6. The molecule has 0 fully saturated rings. The summed E-state index contributed by atoms with van der Waals surface area (Å²) in [5.41, 5.74) is 11.6. The van der Waals surface area contributed by atoms with Crippen LogP contribution in [0.2, 0.25) is 0 Å². The summed E-state index contributed by atoms with van der Waals surface area (Å²) in [6.07, 6.45) is 0. The Morgan fingerprint density at radius 3 is 2.32 bits per heavy atom. The van der Waals surface area contributed by atoms with Gasteiger partial charge in [0.15, 0.2) is 0 Å². The van der Waals surface area contributed by atoms with Crippen LogP contribution in [0.15, 0.2) is 83.0 Å². The second-order valence-corrected chi connectivity index (χ2v) is 6.04. The molecule has 0 radical (unpaired) electrons. The van der Waals surface area contributed by atoms with Crippen LogP contribution in [0.1, 0.15) is 26.3 Å². The van der Waals surface area contributed by atoms with E-state index in [2.05, 4.69) is 15.7 Å². The first-order valence-electron chi connectivity index (χ1n) is 8.47. The summed E-state index contributed by atoms with van der Waals surface area (Å²) in [6, 6.07) is 20.2. The van der Waals surface area contributed by atoms with Gasteiger partial charge >= 0.3 is 5.97 Å². The molecule has 3 N–H and O–H groups in total. The number of benzene rings is 3. The number of hydrogen-bond donors (Lipinski definition) is 2. The van der Waals surface area contributed by atoms with Crippen molar-refractivity contribution in [2.24, 2.45) is 10.2 Å². The van der Waals surface area contributed by atoms with Crippen molar-refractivity contribution in [2.75, 3.05) is 11.2 Å². The second-order valence-electron chi connectivity index (χ2n) is 6.04. The number of nitrogens with one attached hydrogen (secondary N) is 1. The van der Waals surface area contributed by atoms with Gasteiger partial charge in [0, 0.05) is 11.3 Å². The van der Waals surface area contributed by atoms with Crippen molar-refractivity contribution in [2.45, 2.75) is 6.92 Å². The minimum absolute atomic E-state index is 0.366. The lowest BCUT2D eigenvalue weighted by Gasteiger charge is -2.07. The topological polar surface area (TPSA) is 106 Å². The zero-order valence-corrected chi connectivity index (χ0v) is 15.1. The molecule has 0 spiro atoms. The maximum absolute atomic E-state index is 12.0. The van der Waals surface area contributed by atoms with Crippen molar-refractivity contribution in [3.05, 3.63) is 89.5 Å². The van der Waals surface area contributed by atoms with Crippen LogP contribution in [-0.2, 0) is 4.84 Å². The van der Waals surface area contributed by atoms with Crippen molar-refractivity contribution in [1.29, 1.82) is 0 Å². The van der Waals surface area contributed by atoms with Gasteiger partial charge in [-0.05, 0) is 61.5 Å². The molecule has 28 heavy (non-hydrogen) atoms. The van der Waals surface area contributed by atoms with Gasteiger partial charge in [0.2, 0.25) is 0 Å². The van der Waals surface area contributed by atoms with E-state index in [4.69, 9.17) is 10.6 Å². The van der Waals surface area contributed by atoms with E-state index >= 15 is 0 Å². The van der Waals surface area contributed by atoms with Crippen LogP contribution in [-0.4, -0.2) is 11.9 Å². The molecule has 0 saturated heterocycles. The Bertz CT molecular complexity index is 1010. The molecule has 0 aliphatic rings. The number of rotatable bonds is 5. The van der Waals surface area contributed by atoms with E-state index in [-0.39, 0.29) is 0 Å². The summed E-state index contributed by atoms with van der Waals surface area (Å²) in [5.74, 6) is -0.974. The summed E-state index contributed by atoms with van der Waals surface area (Å²) in [6.45, 7) is 1.94. The van der Waals surface area contributed by atoms with Crippen molar-refractivity contribution >= 4 is 28.9 Å². The molecule has 0 heterocycles. The molecule has 140 valence electrons. The van der Waals surface area contributed by atoms with Gasteiger partial charge in [0.25, 0.3) is 5.91 Å². The molecule has 0 bridgehead atoms. The van der Waals surface area contributed by atoms with Crippen LogP contribution in [0, 0.1) is 6.92 Å². The van der Waals surface area contributed by atoms with Crippen LogP contribution in [0.5, 0.6) is 0 Å². The molecule has 3 rings (SSSR count).